The van der Waals surface area contributed by atoms with Crippen LogP contribution in [0.3, 0.4) is 0 Å². The van der Waals surface area contributed by atoms with Crippen LogP contribution in [0.25, 0.3) is 0 Å². The summed E-state index contributed by atoms with van der Waals surface area (Å²) in [6.45, 7) is -0.0231. The van der Waals surface area contributed by atoms with Gasteiger partial charge in [-0.05, 0) is 30.0 Å². The van der Waals surface area contributed by atoms with Gasteiger partial charge in [0.05, 0.1) is 6.10 Å². The molecule has 2 rings (SSSR count). The second-order valence-electron chi connectivity index (χ2n) is 5.44. The van der Waals surface area contributed by atoms with Crippen molar-refractivity contribution in [1.82, 2.24) is 0 Å². The van der Waals surface area contributed by atoms with Gasteiger partial charge in [-0.3, -0.25) is 0 Å². The number of nitrogens with two attached hydrogens (primary N) is 1. The molecule has 1 aromatic carbocycles. The molecule has 0 heterocycles. The molecular weight excluding hydrogens is 264 g/mol. The van der Waals surface area contributed by atoms with Gasteiger partial charge in [0, 0.05) is 6.54 Å². The molecule has 1 unspecified atom stereocenters. The maximum absolute atomic E-state index is 13.7. The molecule has 0 saturated heterocycles. The molecule has 20 heavy (non-hydrogen) atoms. The second-order valence-corrected chi connectivity index (χ2v) is 5.44. The van der Waals surface area contributed by atoms with Crippen molar-refractivity contribution < 1.29 is 18.6 Å². The highest BCUT2D eigenvalue weighted by Crippen LogP contribution is 2.29. The maximum atomic E-state index is 13.7. The molecule has 0 bridgehead atoms. The summed E-state index contributed by atoms with van der Waals surface area (Å²) in [5.74, 6) is -1.49. The van der Waals surface area contributed by atoms with E-state index in [-0.39, 0.29) is 13.2 Å². The van der Waals surface area contributed by atoms with E-state index in [1.807, 2.05) is 0 Å². The topological polar surface area (TPSA) is 55.5 Å². The van der Waals surface area contributed by atoms with Gasteiger partial charge in [-0.15, -0.1) is 0 Å². The van der Waals surface area contributed by atoms with E-state index >= 15 is 0 Å². The molecule has 0 aliphatic heterocycles. The fourth-order valence-corrected chi connectivity index (χ4v) is 2.75. The molecule has 1 saturated carbocycles. The van der Waals surface area contributed by atoms with Crippen LogP contribution in [0, 0.1) is 17.6 Å². The minimum Gasteiger partial charge on any atom is -0.485 e. The Kier molecular flexibility index (Phi) is 5.31. The summed E-state index contributed by atoms with van der Waals surface area (Å²) in [5, 5.41) is 9.86. The third-order valence-electron chi connectivity index (χ3n) is 3.79. The first-order chi connectivity index (χ1) is 9.60. The van der Waals surface area contributed by atoms with Gasteiger partial charge in [0.25, 0.3) is 0 Å². The minimum absolute atomic E-state index is 0.0679. The van der Waals surface area contributed by atoms with E-state index < -0.39 is 23.5 Å². The third kappa shape index (κ3) is 3.90. The zero-order valence-electron chi connectivity index (χ0n) is 11.4. The third-order valence-corrected chi connectivity index (χ3v) is 3.79. The van der Waals surface area contributed by atoms with Crippen LogP contribution >= 0.6 is 0 Å². The average molecular weight is 285 g/mol. The monoisotopic (exact) mass is 285 g/mol. The lowest BCUT2D eigenvalue weighted by molar-refractivity contribution is 0.0817. The Bertz CT molecular complexity index is 424. The number of aliphatic hydroxyl groups excluding tert-OH is 1. The van der Waals surface area contributed by atoms with Gasteiger partial charge in [-0.25, -0.2) is 8.78 Å². The molecule has 0 aromatic heterocycles. The summed E-state index contributed by atoms with van der Waals surface area (Å²) in [4.78, 5) is 0. The standard InChI is InChI=1S/C15H21F2NO2/c16-13-6-11(8-18)7-14(17)15(13)20-9-12(19)5-10-3-1-2-4-10/h6-7,10,12,19H,1-5,8-9,18H2. The van der Waals surface area contributed by atoms with Crippen LogP contribution in [0.1, 0.15) is 37.7 Å². The largest absolute Gasteiger partial charge is 0.485 e. The van der Waals surface area contributed by atoms with Gasteiger partial charge in [0.2, 0.25) is 0 Å². The summed E-state index contributed by atoms with van der Waals surface area (Å²) in [6.07, 6.45) is 4.57. The Morgan fingerprint density at radius 3 is 2.40 bits per heavy atom. The van der Waals surface area contributed by atoms with Crippen LogP contribution in [0.15, 0.2) is 12.1 Å². The predicted octanol–water partition coefficient (Wildman–Crippen LogP) is 2.74. The quantitative estimate of drug-likeness (QED) is 0.845. The highest BCUT2D eigenvalue weighted by molar-refractivity contribution is 5.31. The van der Waals surface area contributed by atoms with Crippen molar-refractivity contribution in [2.45, 2.75) is 44.8 Å². The first kappa shape index (κ1) is 15.2. The SMILES string of the molecule is NCc1cc(F)c(OCC(O)CC2CCCC2)c(F)c1. The Morgan fingerprint density at radius 1 is 1.25 bits per heavy atom. The van der Waals surface area contributed by atoms with Crippen molar-refractivity contribution in [2.24, 2.45) is 11.7 Å². The smallest absolute Gasteiger partial charge is 0.190 e. The normalized spacial score (nSPS) is 17.4. The molecule has 3 N–H and O–H groups in total. The number of hydrogen-bond donors (Lipinski definition) is 2. The molecule has 0 radical (unpaired) electrons. The van der Waals surface area contributed by atoms with E-state index in [0.29, 0.717) is 17.9 Å². The molecule has 3 nitrogen and oxygen atoms in total. The molecule has 5 heteroatoms. The number of rotatable bonds is 6. The van der Waals surface area contributed by atoms with Crippen LogP contribution in [0.5, 0.6) is 5.75 Å². The van der Waals surface area contributed by atoms with E-state index in [1.54, 1.807) is 0 Å². The van der Waals surface area contributed by atoms with Crippen LogP contribution in [-0.2, 0) is 6.54 Å². The van der Waals surface area contributed by atoms with Crippen molar-refractivity contribution in [3.63, 3.8) is 0 Å². The van der Waals surface area contributed by atoms with Gasteiger partial charge >= 0.3 is 0 Å². The van der Waals surface area contributed by atoms with E-state index in [9.17, 15) is 13.9 Å². The van der Waals surface area contributed by atoms with Gasteiger partial charge in [0.1, 0.15) is 6.61 Å². The lowest BCUT2D eigenvalue weighted by Crippen LogP contribution is -2.21. The van der Waals surface area contributed by atoms with Crippen LogP contribution in [0.2, 0.25) is 0 Å². The molecular formula is C15H21F2NO2. The summed E-state index contributed by atoms with van der Waals surface area (Å²) in [6, 6.07) is 2.31. The van der Waals surface area contributed by atoms with Crippen LogP contribution in [0.4, 0.5) is 8.78 Å². The van der Waals surface area contributed by atoms with Crippen molar-refractivity contribution in [3.05, 3.63) is 29.3 Å². The zero-order chi connectivity index (χ0) is 14.5. The zero-order valence-corrected chi connectivity index (χ0v) is 11.4. The van der Waals surface area contributed by atoms with Gasteiger partial charge in [-0.2, -0.15) is 0 Å². The number of hydrogen-bond acceptors (Lipinski definition) is 3. The molecule has 112 valence electrons. The Morgan fingerprint density at radius 2 is 1.85 bits per heavy atom. The lowest BCUT2D eigenvalue weighted by atomic mass is 10.0. The second kappa shape index (κ2) is 6.99. The Labute approximate surface area is 117 Å². The molecule has 0 amide bonds. The minimum atomic E-state index is -0.779. The fraction of sp³-hybridized carbons (Fsp3) is 0.600. The van der Waals surface area contributed by atoms with Gasteiger partial charge in [0.15, 0.2) is 17.4 Å². The van der Waals surface area contributed by atoms with E-state index in [2.05, 4.69) is 0 Å². The molecule has 0 spiro atoms. The number of benzene rings is 1. The lowest BCUT2D eigenvalue weighted by Gasteiger charge is -2.17. The summed E-state index contributed by atoms with van der Waals surface area (Å²) < 4.78 is 32.4. The average Bonchev–Trinajstić information content (AvgIpc) is 2.90. The molecule has 1 aromatic rings. The van der Waals surface area contributed by atoms with Crippen molar-refractivity contribution in [1.29, 1.82) is 0 Å². The first-order valence-corrected chi connectivity index (χ1v) is 7.09. The highest BCUT2D eigenvalue weighted by atomic mass is 19.1. The number of aliphatic hydroxyl groups is 1. The Hall–Kier alpha value is -1.20. The Balaban J connectivity index is 1.89. The molecule has 1 aliphatic carbocycles. The van der Waals surface area contributed by atoms with Crippen molar-refractivity contribution in [2.75, 3.05) is 6.61 Å². The van der Waals surface area contributed by atoms with Crippen molar-refractivity contribution in [3.8, 4) is 5.75 Å². The van der Waals surface area contributed by atoms with Gasteiger partial charge in [-0.1, -0.05) is 25.7 Å². The summed E-state index contributed by atoms with van der Waals surface area (Å²) in [5.41, 5.74) is 5.71. The molecule has 1 atom stereocenters. The predicted molar refractivity (Wildman–Crippen MR) is 72.3 cm³/mol. The van der Waals surface area contributed by atoms with Crippen molar-refractivity contribution >= 4 is 0 Å². The van der Waals surface area contributed by atoms with Gasteiger partial charge < -0.3 is 15.6 Å². The summed E-state index contributed by atoms with van der Waals surface area (Å²) in [7, 11) is 0. The first-order valence-electron chi connectivity index (χ1n) is 7.09. The maximum Gasteiger partial charge on any atom is 0.190 e. The molecule has 1 fully saturated rings. The fourth-order valence-electron chi connectivity index (χ4n) is 2.75. The number of halogens is 2. The van der Waals surface area contributed by atoms with E-state index in [1.165, 1.54) is 12.8 Å². The van der Waals surface area contributed by atoms with E-state index in [4.69, 9.17) is 10.5 Å². The van der Waals surface area contributed by atoms with E-state index in [0.717, 1.165) is 25.0 Å². The highest BCUT2D eigenvalue weighted by Gasteiger charge is 2.20. The number of ether oxygens (including phenoxy) is 1. The molecule has 1 aliphatic rings. The summed E-state index contributed by atoms with van der Waals surface area (Å²) >= 11 is 0. The van der Waals surface area contributed by atoms with Crippen LogP contribution < -0.4 is 10.5 Å². The van der Waals surface area contributed by atoms with Crippen LogP contribution in [-0.4, -0.2) is 17.8 Å².